The van der Waals surface area contributed by atoms with Crippen LogP contribution >= 0.6 is 0 Å². The van der Waals surface area contributed by atoms with Gasteiger partial charge in [-0.25, -0.2) is 34.3 Å². The van der Waals surface area contributed by atoms with Crippen molar-refractivity contribution in [3.8, 4) is 24.2 Å². The highest BCUT2D eigenvalue weighted by Crippen LogP contribution is 2.05. The highest BCUT2D eigenvalue weighted by atomic mass is 16.4. The maximum absolute atomic E-state index is 12.6. The van der Waals surface area contributed by atoms with Crippen LogP contribution in [0.2, 0.25) is 0 Å². The molecule has 56 heavy (non-hydrogen) atoms. The number of nitrogens with one attached hydrogen (secondary N) is 1. The fourth-order valence-corrected chi connectivity index (χ4v) is 5.60. The number of oxime groups is 1. The Labute approximate surface area is 314 Å². The Balaban J connectivity index is 0.000000172. The van der Waals surface area contributed by atoms with E-state index >= 15 is 0 Å². The summed E-state index contributed by atoms with van der Waals surface area (Å²) >= 11 is 0. The standard InChI is InChI=1S/C17H16N6O3.C11H12N4O2.C7H8N4O2/c1-21-11-18-15-14(21)16(24)23(17(25)22(15)2)9-4-3-6-12-7-5-8-13(20-12)10-19-26;1-4-5-6-15-10(16)8-9(12-7-13(8)2)14(3)11(15)17;1-10-3-8-5-4(10)6(12)9-7(13)11(5)2/h5,7-8,10-11,26H,4,9H2,1-2H3;1,7H,5-6H2,2-3H3;3H,1-2H3,(H,9,12,13)/b19-10-;;. The molecule has 0 bridgehead atoms. The maximum Gasteiger partial charge on any atom is 0.332 e. The van der Waals surface area contributed by atoms with Crippen LogP contribution in [0.15, 0.2) is 71.1 Å². The van der Waals surface area contributed by atoms with E-state index in [0.29, 0.717) is 57.7 Å². The number of hydrogen-bond acceptors (Lipinski definition) is 12. The summed E-state index contributed by atoms with van der Waals surface area (Å²) in [5.74, 6) is 8.18. The summed E-state index contributed by atoms with van der Waals surface area (Å²) in [6, 6.07) is 5.14. The van der Waals surface area contributed by atoms with Crippen molar-refractivity contribution < 1.29 is 5.21 Å². The van der Waals surface area contributed by atoms with Crippen molar-refractivity contribution in [1.29, 1.82) is 0 Å². The van der Waals surface area contributed by atoms with E-state index in [1.165, 1.54) is 38.9 Å². The Hall–Kier alpha value is -7.81. The van der Waals surface area contributed by atoms with E-state index in [1.54, 1.807) is 74.2 Å². The van der Waals surface area contributed by atoms with Crippen LogP contribution in [0.25, 0.3) is 33.5 Å². The van der Waals surface area contributed by atoms with Gasteiger partial charge in [-0.05, 0) is 18.1 Å². The van der Waals surface area contributed by atoms with Gasteiger partial charge >= 0.3 is 17.1 Å². The number of rotatable bonds is 5. The molecule has 7 rings (SSSR count). The van der Waals surface area contributed by atoms with E-state index in [4.69, 9.17) is 11.6 Å². The third kappa shape index (κ3) is 7.63. The average Bonchev–Trinajstić information content (AvgIpc) is 3.89. The normalized spacial score (nSPS) is 10.9. The molecule has 21 nitrogen and oxygen atoms in total. The van der Waals surface area contributed by atoms with Crippen molar-refractivity contribution in [1.82, 2.24) is 61.5 Å². The van der Waals surface area contributed by atoms with Crippen LogP contribution in [0.4, 0.5) is 0 Å². The molecule has 0 aromatic carbocycles. The number of terminal acetylenes is 1. The number of nitrogens with zero attached hydrogens (tertiary/aromatic N) is 13. The Kier molecular flexibility index (Phi) is 11.6. The van der Waals surface area contributed by atoms with Crippen LogP contribution in [-0.2, 0) is 55.4 Å². The molecular formula is C35H36N14O7. The first kappa shape index (κ1) is 39.4. The van der Waals surface area contributed by atoms with Gasteiger partial charge in [-0.3, -0.25) is 42.2 Å². The molecule has 0 aliphatic heterocycles. The summed E-state index contributed by atoms with van der Waals surface area (Å²) < 4.78 is 11.1. The molecule has 7 aromatic heterocycles. The highest BCUT2D eigenvalue weighted by Gasteiger charge is 2.15. The van der Waals surface area contributed by atoms with Crippen LogP contribution in [0, 0.1) is 24.2 Å². The van der Waals surface area contributed by atoms with E-state index in [-0.39, 0.29) is 24.2 Å². The first-order valence-electron chi connectivity index (χ1n) is 16.6. The number of aromatic nitrogens is 13. The van der Waals surface area contributed by atoms with Gasteiger partial charge in [0.1, 0.15) is 5.69 Å². The minimum Gasteiger partial charge on any atom is -0.411 e. The molecule has 0 aliphatic rings. The van der Waals surface area contributed by atoms with Crippen LogP contribution in [-0.4, -0.2) is 72.9 Å². The fraction of sp³-hybridized carbons (Fsp3) is 0.286. The van der Waals surface area contributed by atoms with Gasteiger partial charge in [-0.1, -0.05) is 17.1 Å². The van der Waals surface area contributed by atoms with Gasteiger partial charge in [0, 0.05) is 68.2 Å². The summed E-state index contributed by atoms with van der Waals surface area (Å²) in [5, 5.41) is 11.4. The molecule has 0 amide bonds. The molecule has 0 fully saturated rings. The van der Waals surface area contributed by atoms with Crippen LogP contribution < -0.4 is 33.7 Å². The summed E-state index contributed by atoms with van der Waals surface area (Å²) in [6.45, 7) is 0.389. The van der Waals surface area contributed by atoms with Crippen molar-refractivity contribution in [2.45, 2.75) is 25.9 Å². The molecule has 0 saturated carbocycles. The van der Waals surface area contributed by atoms with E-state index < -0.39 is 22.6 Å². The molecule has 0 aliphatic carbocycles. The molecule has 0 spiro atoms. The second-order valence-electron chi connectivity index (χ2n) is 12.2. The smallest absolute Gasteiger partial charge is 0.332 e. The number of fused-ring (bicyclic) bond motifs is 3. The molecule has 7 aromatic rings. The summed E-state index contributed by atoms with van der Waals surface area (Å²) in [5.41, 5.74) is 0.905. The van der Waals surface area contributed by atoms with E-state index in [0.717, 1.165) is 9.13 Å². The lowest BCUT2D eigenvalue weighted by Gasteiger charge is -2.06. The van der Waals surface area contributed by atoms with Crippen LogP contribution in [0.1, 0.15) is 24.2 Å². The largest absolute Gasteiger partial charge is 0.411 e. The quantitative estimate of drug-likeness (QED) is 0.0884. The molecule has 2 N–H and O–H groups in total. The summed E-state index contributed by atoms with van der Waals surface area (Å²) in [4.78, 5) is 89.8. The molecule has 0 radical (unpaired) electrons. The zero-order chi connectivity index (χ0) is 40.8. The second-order valence-corrected chi connectivity index (χ2v) is 12.2. The van der Waals surface area contributed by atoms with E-state index in [2.05, 4.69) is 47.8 Å². The van der Waals surface area contributed by atoms with Crippen LogP contribution in [0.3, 0.4) is 0 Å². The predicted molar refractivity (Wildman–Crippen MR) is 206 cm³/mol. The Morgan fingerprint density at radius 3 is 1.75 bits per heavy atom. The first-order chi connectivity index (χ1) is 26.7. The van der Waals surface area contributed by atoms with Gasteiger partial charge in [0.15, 0.2) is 33.5 Å². The SMILES string of the molecule is C#CCCn1c(=O)c2c(ncn2C)n(C)c1=O.Cn1cnc2c1c(=O)[nH]c(=O)n2C.Cn1cnc2c1c(=O)n(CCC#Cc1cccc(/C=N\O)n1)c(=O)n2C. The lowest BCUT2D eigenvalue weighted by molar-refractivity contribution is 0.321. The fourth-order valence-electron chi connectivity index (χ4n) is 5.60. The van der Waals surface area contributed by atoms with E-state index in [9.17, 15) is 28.8 Å². The lowest BCUT2D eigenvalue weighted by Crippen LogP contribution is -2.39. The molecule has 288 valence electrons. The number of imidazole rings is 3. The molecule has 7 heterocycles. The third-order valence-corrected chi connectivity index (χ3v) is 8.49. The van der Waals surface area contributed by atoms with Crippen LogP contribution in [0.5, 0.6) is 0 Å². The lowest BCUT2D eigenvalue weighted by atomic mass is 10.3. The predicted octanol–water partition coefficient (Wildman–Crippen LogP) is -1.50. The Morgan fingerprint density at radius 2 is 1.23 bits per heavy atom. The van der Waals surface area contributed by atoms with Gasteiger partial charge in [0.25, 0.3) is 16.7 Å². The zero-order valence-corrected chi connectivity index (χ0v) is 31.2. The molecule has 0 atom stereocenters. The summed E-state index contributed by atoms with van der Waals surface area (Å²) in [7, 11) is 9.86. The van der Waals surface area contributed by atoms with Crippen molar-refractivity contribution in [2.24, 2.45) is 47.4 Å². The molecule has 21 heteroatoms. The monoisotopic (exact) mass is 764 g/mol. The van der Waals surface area contributed by atoms with Crippen molar-refractivity contribution >= 4 is 39.7 Å². The van der Waals surface area contributed by atoms with Gasteiger partial charge in [0.05, 0.1) is 30.9 Å². The summed E-state index contributed by atoms with van der Waals surface area (Å²) in [6.07, 6.45) is 11.5. The maximum atomic E-state index is 12.6. The number of pyridine rings is 1. The third-order valence-electron chi connectivity index (χ3n) is 8.49. The zero-order valence-electron chi connectivity index (χ0n) is 31.2. The van der Waals surface area contributed by atoms with Gasteiger partial charge in [-0.2, -0.15) is 0 Å². The minimum absolute atomic E-state index is 0.164. The van der Waals surface area contributed by atoms with Gasteiger partial charge < -0.3 is 18.9 Å². The molecule has 0 saturated heterocycles. The Morgan fingerprint density at radius 1 is 0.732 bits per heavy atom. The number of hydrogen-bond donors (Lipinski definition) is 2. The number of aryl methyl sites for hydroxylation is 6. The topological polar surface area (TPSA) is 242 Å². The molecule has 0 unspecified atom stereocenters. The highest BCUT2D eigenvalue weighted by molar-refractivity contribution is 5.76. The second kappa shape index (κ2) is 16.5. The van der Waals surface area contributed by atoms with Crippen molar-refractivity contribution in [3.05, 3.63) is 111 Å². The average molecular weight is 765 g/mol. The van der Waals surface area contributed by atoms with E-state index in [1.807, 2.05) is 0 Å². The number of aromatic amines is 1. The van der Waals surface area contributed by atoms with Crippen molar-refractivity contribution in [3.63, 3.8) is 0 Å². The van der Waals surface area contributed by atoms with Gasteiger partial charge in [0.2, 0.25) is 0 Å². The number of H-pyrrole nitrogens is 1. The Bertz CT molecular complexity index is 3120. The minimum atomic E-state index is -0.448. The molecular weight excluding hydrogens is 728 g/mol. The first-order valence-corrected chi connectivity index (χ1v) is 16.6. The van der Waals surface area contributed by atoms with Crippen molar-refractivity contribution in [2.75, 3.05) is 0 Å². The van der Waals surface area contributed by atoms with Gasteiger partial charge in [-0.15, -0.1) is 12.3 Å².